The van der Waals surface area contributed by atoms with Crippen LogP contribution in [0.5, 0.6) is 5.75 Å². The van der Waals surface area contributed by atoms with Gasteiger partial charge in [-0.05, 0) is 24.3 Å². The molecule has 0 fully saturated rings. The van der Waals surface area contributed by atoms with E-state index in [1.54, 1.807) is 24.3 Å². The molecule has 17 heavy (non-hydrogen) atoms. The molecule has 0 heterocycles. The summed E-state index contributed by atoms with van der Waals surface area (Å²) in [6, 6.07) is 6.87. The lowest BCUT2D eigenvalue weighted by molar-refractivity contribution is -0.121. The molecule has 0 saturated heterocycles. The fraction of sp³-hybridized carbons (Fsp3) is 0.273. The van der Waals surface area contributed by atoms with Crippen molar-refractivity contribution in [3.05, 3.63) is 24.3 Å². The number of anilines is 1. The van der Waals surface area contributed by atoms with Gasteiger partial charge in [0.2, 0.25) is 11.8 Å². The van der Waals surface area contributed by atoms with Crippen LogP contribution in [-0.2, 0) is 9.59 Å². The number of nitrogens with two attached hydrogens (primary N) is 1. The van der Waals surface area contributed by atoms with Gasteiger partial charge in [0.05, 0.1) is 13.0 Å². The van der Waals surface area contributed by atoms with E-state index in [0.29, 0.717) is 11.4 Å². The topological polar surface area (TPSA) is 93.4 Å². The van der Waals surface area contributed by atoms with Gasteiger partial charge in [-0.3, -0.25) is 15.0 Å². The Labute approximate surface area is 99.1 Å². The second kappa shape index (κ2) is 6.49. The highest BCUT2D eigenvalue weighted by atomic mass is 16.5. The normalized spacial score (nSPS) is 9.53. The summed E-state index contributed by atoms with van der Waals surface area (Å²) in [6.45, 7) is 1.69. The minimum absolute atomic E-state index is 0.127. The molecule has 0 atom stereocenters. The number of hydrogen-bond donors (Lipinski definition) is 3. The number of hydrogen-bond acceptors (Lipinski definition) is 4. The van der Waals surface area contributed by atoms with E-state index < -0.39 is 0 Å². The first kappa shape index (κ1) is 13.0. The summed E-state index contributed by atoms with van der Waals surface area (Å²) < 4.78 is 5.31. The van der Waals surface area contributed by atoms with E-state index in [9.17, 15) is 9.59 Å². The Balaban J connectivity index is 2.40. The van der Waals surface area contributed by atoms with E-state index in [1.165, 1.54) is 6.92 Å². The zero-order valence-electron chi connectivity index (χ0n) is 9.53. The van der Waals surface area contributed by atoms with Crippen molar-refractivity contribution in [1.82, 2.24) is 5.43 Å². The van der Waals surface area contributed by atoms with Gasteiger partial charge < -0.3 is 10.1 Å². The molecule has 0 aliphatic heterocycles. The van der Waals surface area contributed by atoms with E-state index in [2.05, 4.69) is 5.32 Å². The van der Waals surface area contributed by atoms with Crippen LogP contribution in [0.4, 0.5) is 5.69 Å². The van der Waals surface area contributed by atoms with Gasteiger partial charge in [0, 0.05) is 12.6 Å². The van der Waals surface area contributed by atoms with Gasteiger partial charge in [0.1, 0.15) is 5.75 Å². The van der Waals surface area contributed by atoms with Crippen LogP contribution in [0.2, 0.25) is 0 Å². The standard InChI is InChI=1S/C11H15N3O3/c1-8(15)13-9-2-4-10(5-3-9)17-7-6-11(16)14-12/h2-5H,6-7,12H2,1H3,(H,13,15)(H,14,16). The predicted octanol–water partition coefficient (Wildman–Crippen LogP) is 0.404. The molecule has 0 aliphatic carbocycles. The lowest BCUT2D eigenvalue weighted by Crippen LogP contribution is -2.31. The summed E-state index contributed by atoms with van der Waals surface area (Å²) in [6.07, 6.45) is 0.198. The third-order valence-corrected chi connectivity index (χ3v) is 1.93. The molecule has 0 bridgehead atoms. The van der Waals surface area contributed by atoms with E-state index in [0.717, 1.165) is 0 Å². The number of nitrogens with one attached hydrogen (secondary N) is 2. The first-order valence-corrected chi connectivity index (χ1v) is 5.11. The van der Waals surface area contributed by atoms with E-state index in [-0.39, 0.29) is 24.8 Å². The van der Waals surface area contributed by atoms with Crippen LogP contribution in [0.1, 0.15) is 13.3 Å². The van der Waals surface area contributed by atoms with Gasteiger partial charge in [-0.2, -0.15) is 0 Å². The molecule has 2 amide bonds. The average Bonchev–Trinajstić information content (AvgIpc) is 2.30. The molecular weight excluding hydrogens is 222 g/mol. The van der Waals surface area contributed by atoms with Crippen LogP contribution < -0.4 is 21.3 Å². The van der Waals surface area contributed by atoms with Crippen molar-refractivity contribution >= 4 is 17.5 Å². The zero-order valence-corrected chi connectivity index (χ0v) is 9.53. The quantitative estimate of drug-likeness (QED) is 0.392. The Kier molecular flexibility index (Phi) is 4.96. The second-order valence-electron chi connectivity index (χ2n) is 3.37. The van der Waals surface area contributed by atoms with Crippen molar-refractivity contribution in [1.29, 1.82) is 0 Å². The first-order valence-electron chi connectivity index (χ1n) is 5.11. The number of rotatable bonds is 5. The molecule has 0 saturated carbocycles. The maximum absolute atomic E-state index is 10.8. The van der Waals surface area contributed by atoms with Crippen molar-refractivity contribution in [2.45, 2.75) is 13.3 Å². The van der Waals surface area contributed by atoms with Gasteiger partial charge in [-0.15, -0.1) is 0 Å². The predicted molar refractivity (Wildman–Crippen MR) is 63.2 cm³/mol. The number of carbonyl (C=O) groups is 2. The van der Waals surface area contributed by atoms with Crippen LogP contribution in [0.25, 0.3) is 0 Å². The summed E-state index contributed by atoms with van der Waals surface area (Å²) in [5, 5.41) is 2.64. The molecule has 92 valence electrons. The van der Waals surface area contributed by atoms with E-state index >= 15 is 0 Å². The van der Waals surface area contributed by atoms with Crippen molar-refractivity contribution in [2.75, 3.05) is 11.9 Å². The Morgan fingerprint density at radius 1 is 1.29 bits per heavy atom. The minimum Gasteiger partial charge on any atom is -0.493 e. The number of amides is 2. The third-order valence-electron chi connectivity index (χ3n) is 1.93. The monoisotopic (exact) mass is 237 g/mol. The molecule has 6 nitrogen and oxygen atoms in total. The number of carbonyl (C=O) groups excluding carboxylic acids is 2. The highest BCUT2D eigenvalue weighted by Crippen LogP contribution is 2.15. The summed E-state index contributed by atoms with van der Waals surface area (Å²) in [5.74, 6) is 5.15. The summed E-state index contributed by atoms with van der Waals surface area (Å²) >= 11 is 0. The Morgan fingerprint density at radius 2 is 1.94 bits per heavy atom. The Morgan fingerprint density at radius 3 is 2.47 bits per heavy atom. The zero-order chi connectivity index (χ0) is 12.7. The SMILES string of the molecule is CC(=O)Nc1ccc(OCCC(=O)NN)cc1. The van der Waals surface area contributed by atoms with Gasteiger partial charge in [-0.25, -0.2) is 5.84 Å². The van der Waals surface area contributed by atoms with Gasteiger partial charge >= 0.3 is 0 Å². The van der Waals surface area contributed by atoms with Crippen LogP contribution in [0.3, 0.4) is 0 Å². The molecule has 4 N–H and O–H groups in total. The van der Waals surface area contributed by atoms with E-state index in [1.807, 2.05) is 5.43 Å². The van der Waals surface area contributed by atoms with Crippen LogP contribution in [-0.4, -0.2) is 18.4 Å². The van der Waals surface area contributed by atoms with Gasteiger partial charge in [0.25, 0.3) is 0 Å². The van der Waals surface area contributed by atoms with Gasteiger partial charge in [0.15, 0.2) is 0 Å². The number of ether oxygens (including phenoxy) is 1. The summed E-state index contributed by atoms with van der Waals surface area (Å²) in [4.78, 5) is 21.6. The fourth-order valence-electron chi connectivity index (χ4n) is 1.17. The number of hydrazine groups is 1. The van der Waals surface area contributed by atoms with Crippen LogP contribution in [0.15, 0.2) is 24.3 Å². The summed E-state index contributed by atoms with van der Waals surface area (Å²) in [5.41, 5.74) is 2.71. The van der Waals surface area contributed by atoms with Crippen LogP contribution in [0, 0.1) is 0 Å². The maximum atomic E-state index is 10.8. The molecule has 0 spiro atoms. The Hall–Kier alpha value is -2.08. The highest BCUT2D eigenvalue weighted by molar-refractivity contribution is 5.88. The van der Waals surface area contributed by atoms with Gasteiger partial charge in [-0.1, -0.05) is 0 Å². The molecule has 0 radical (unpaired) electrons. The van der Waals surface area contributed by atoms with Crippen LogP contribution >= 0.6 is 0 Å². The first-order chi connectivity index (χ1) is 8.11. The smallest absolute Gasteiger partial charge is 0.237 e. The molecule has 0 aromatic heterocycles. The van der Waals surface area contributed by atoms with Crippen molar-refractivity contribution < 1.29 is 14.3 Å². The van der Waals surface area contributed by atoms with Crippen molar-refractivity contribution in [3.63, 3.8) is 0 Å². The minimum atomic E-state index is -0.278. The molecule has 1 rings (SSSR count). The molecule has 0 unspecified atom stereocenters. The van der Waals surface area contributed by atoms with Crippen molar-refractivity contribution in [3.8, 4) is 5.75 Å². The van der Waals surface area contributed by atoms with Crippen molar-refractivity contribution in [2.24, 2.45) is 5.84 Å². The average molecular weight is 237 g/mol. The van der Waals surface area contributed by atoms with E-state index in [4.69, 9.17) is 10.6 Å². The number of benzene rings is 1. The summed E-state index contributed by atoms with van der Waals surface area (Å²) in [7, 11) is 0. The molecular formula is C11H15N3O3. The molecule has 1 aromatic rings. The lowest BCUT2D eigenvalue weighted by atomic mass is 10.3. The lowest BCUT2D eigenvalue weighted by Gasteiger charge is -2.06. The Bertz CT molecular complexity index is 389. The largest absolute Gasteiger partial charge is 0.493 e. The molecule has 1 aromatic carbocycles. The second-order valence-corrected chi connectivity index (χ2v) is 3.37. The third kappa shape index (κ3) is 4.98. The maximum Gasteiger partial charge on any atom is 0.237 e. The molecule has 0 aliphatic rings. The molecule has 6 heteroatoms. The highest BCUT2D eigenvalue weighted by Gasteiger charge is 2.00. The fourth-order valence-corrected chi connectivity index (χ4v) is 1.17.